The molecule has 1 N–H and O–H groups in total. The maximum absolute atomic E-state index is 9.66. The van der Waals surface area contributed by atoms with Gasteiger partial charge < -0.3 is 14.6 Å². The molecule has 1 heterocycles. The lowest BCUT2D eigenvalue weighted by atomic mass is 10.0. The van der Waals surface area contributed by atoms with Crippen LogP contribution in [0, 0.1) is 0 Å². The minimum atomic E-state index is 0.210. The molecule has 0 radical (unpaired) electrons. The molecule has 6 heteroatoms. The highest BCUT2D eigenvalue weighted by molar-refractivity contribution is 5.92. The van der Waals surface area contributed by atoms with E-state index in [1.54, 1.807) is 32.6 Å². The van der Waals surface area contributed by atoms with Gasteiger partial charge in [0.05, 0.1) is 25.5 Å². The van der Waals surface area contributed by atoms with Crippen LogP contribution in [0.25, 0.3) is 28.1 Å². The van der Waals surface area contributed by atoms with Crippen LogP contribution in [0.4, 0.5) is 5.82 Å². The maximum atomic E-state index is 9.66. The molecule has 178 valence electrons. The van der Waals surface area contributed by atoms with Gasteiger partial charge in [0.15, 0.2) is 17.3 Å². The number of rotatable bonds is 7. The number of phenolic OH excluding ortho intramolecular Hbond substituents is 1. The molecule has 4 aromatic carbocycles. The standard InChI is InChI=1S/C30H25N3O3/c1-35-26-18-15-23(19-27(26)36-2)29-28(22-9-5-3-6-10-22)30(31-20-21-13-16-25(34)17-14-21)33(32-29)24-11-7-4-8-12-24/h3-20,34H,1-2H3. The van der Waals surface area contributed by atoms with Crippen molar-refractivity contribution in [2.75, 3.05) is 14.2 Å². The second-order valence-corrected chi connectivity index (χ2v) is 8.08. The zero-order chi connectivity index (χ0) is 24.9. The average molecular weight is 476 g/mol. The molecular formula is C30H25N3O3. The molecule has 5 rings (SSSR count). The van der Waals surface area contributed by atoms with Crippen molar-refractivity contribution in [3.8, 4) is 45.3 Å². The first-order valence-corrected chi connectivity index (χ1v) is 11.5. The van der Waals surface area contributed by atoms with Crippen molar-refractivity contribution in [1.82, 2.24) is 9.78 Å². The lowest BCUT2D eigenvalue weighted by Gasteiger charge is -2.10. The maximum Gasteiger partial charge on any atom is 0.164 e. The first kappa shape index (κ1) is 22.9. The highest BCUT2D eigenvalue weighted by atomic mass is 16.5. The van der Waals surface area contributed by atoms with E-state index in [4.69, 9.17) is 19.6 Å². The summed E-state index contributed by atoms with van der Waals surface area (Å²) in [6.07, 6.45) is 1.78. The zero-order valence-electron chi connectivity index (χ0n) is 20.0. The Hall–Kier alpha value is -4.84. The van der Waals surface area contributed by atoms with Gasteiger partial charge in [0.25, 0.3) is 0 Å². The molecule has 0 atom stereocenters. The third-order valence-electron chi connectivity index (χ3n) is 5.81. The molecule has 0 aliphatic carbocycles. The Morgan fingerprint density at radius 1 is 0.750 bits per heavy atom. The zero-order valence-corrected chi connectivity index (χ0v) is 20.0. The third-order valence-corrected chi connectivity index (χ3v) is 5.81. The SMILES string of the molecule is COc1ccc(-c2nn(-c3ccccc3)c(N=Cc3ccc(O)cc3)c2-c2ccccc2)cc1OC. The van der Waals surface area contributed by atoms with E-state index in [9.17, 15) is 5.11 Å². The molecular weight excluding hydrogens is 450 g/mol. The summed E-state index contributed by atoms with van der Waals surface area (Å²) in [7, 11) is 3.24. The quantitative estimate of drug-likeness (QED) is 0.267. The number of aromatic hydroxyl groups is 1. The molecule has 0 saturated carbocycles. The first-order valence-electron chi connectivity index (χ1n) is 11.5. The summed E-state index contributed by atoms with van der Waals surface area (Å²) in [6.45, 7) is 0. The van der Waals surface area contributed by atoms with E-state index in [-0.39, 0.29) is 5.75 Å². The Morgan fingerprint density at radius 3 is 2.08 bits per heavy atom. The highest BCUT2D eigenvalue weighted by Gasteiger charge is 2.22. The summed E-state index contributed by atoms with van der Waals surface area (Å²) < 4.78 is 12.9. The predicted molar refractivity (Wildman–Crippen MR) is 143 cm³/mol. The number of aromatic nitrogens is 2. The number of para-hydroxylation sites is 1. The van der Waals surface area contributed by atoms with Crippen LogP contribution in [-0.2, 0) is 0 Å². The van der Waals surface area contributed by atoms with Crippen LogP contribution in [0.1, 0.15) is 5.56 Å². The Labute approximate surface area is 209 Å². The van der Waals surface area contributed by atoms with Crippen LogP contribution in [-0.4, -0.2) is 35.3 Å². The van der Waals surface area contributed by atoms with E-state index in [1.807, 2.05) is 83.5 Å². The Balaban J connectivity index is 1.77. The van der Waals surface area contributed by atoms with Gasteiger partial charge in [0.1, 0.15) is 11.4 Å². The molecule has 1 aromatic heterocycles. The summed E-state index contributed by atoms with van der Waals surface area (Å²) in [5.74, 6) is 2.17. The van der Waals surface area contributed by atoms with E-state index in [0.717, 1.165) is 33.6 Å². The number of ether oxygens (including phenoxy) is 2. The Morgan fingerprint density at radius 2 is 1.42 bits per heavy atom. The Kier molecular flexibility index (Phi) is 6.49. The summed E-state index contributed by atoms with van der Waals surface area (Å²) in [5, 5.41) is 14.7. The van der Waals surface area contributed by atoms with Gasteiger partial charge in [-0.2, -0.15) is 5.10 Å². The van der Waals surface area contributed by atoms with E-state index in [2.05, 4.69) is 12.1 Å². The first-order chi connectivity index (χ1) is 17.7. The van der Waals surface area contributed by atoms with Gasteiger partial charge in [0.2, 0.25) is 0 Å². The minimum Gasteiger partial charge on any atom is -0.508 e. The largest absolute Gasteiger partial charge is 0.508 e. The molecule has 0 aliphatic rings. The molecule has 0 unspecified atom stereocenters. The van der Waals surface area contributed by atoms with Crippen molar-refractivity contribution in [2.24, 2.45) is 4.99 Å². The van der Waals surface area contributed by atoms with Gasteiger partial charge in [-0.25, -0.2) is 9.67 Å². The molecule has 0 spiro atoms. The van der Waals surface area contributed by atoms with Crippen LogP contribution < -0.4 is 9.47 Å². The summed E-state index contributed by atoms with van der Waals surface area (Å²) >= 11 is 0. The molecule has 6 nitrogen and oxygen atoms in total. The van der Waals surface area contributed by atoms with Crippen LogP contribution >= 0.6 is 0 Å². The fourth-order valence-corrected chi connectivity index (χ4v) is 4.03. The van der Waals surface area contributed by atoms with Crippen molar-refractivity contribution >= 4 is 12.0 Å². The molecule has 0 fully saturated rings. The topological polar surface area (TPSA) is 68.9 Å². The monoisotopic (exact) mass is 475 g/mol. The highest BCUT2D eigenvalue weighted by Crippen LogP contribution is 2.42. The fourth-order valence-electron chi connectivity index (χ4n) is 4.03. The van der Waals surface area contributed by atoms with Crippen LogP contribution in [0.2, 0.25) is 0 Å². The molecule has 0 amide bonds. The molecule has 36 heavy (non-hydrogen) atoms. The van der Waals surface area contributed by atoms with Gasteiger partial charge in [-0.05, 0) is 65.7 Å². The van der Waals surface area contributed by atoms with Gasteiger partial charge in [-0.1, -0.05) is 48.5 Å². The summed E-state index contributed by atoms with van der Waals surface area (Å²) in [5.41, 5.74) is 5.27. The molecule has 0 bridgehead atoms. The van der Waals surface area contributed by atoms with Gasteiger partial charge in [-0.3, -0.25) is 0 Å². The molecule has 0 aliphatic heterocycles. The van der Waals surface area contributed by atoms with E-state index in [0.29, 0.717) is 17.3 Å². The summed E-state index contributed by atoms with van der Waals surface area (Å²) in [6, 6.07) is 32.7. The lowest BCUT2D eigenvalue weighted by Crippen LogP contribution is -1.96. The van der Waals surface area contributed by atoms with Crippen LogP contribution in [0.5, 0.6) is 17.2 Å². The van der Waals surface area contributed by atoms with Crippen molar-refractivity contribution in [1.29, 1.82) is 0 Å². The van der Waals surface area contributed by atoms with Gasteiger partial charge >= 0.3 is 0 Å². The van der Waals surface area contributed by atoms with Crippen molar-refractivity contribution in [3.63, 3.8) is 0 Å². The Bertz CT molecular complexity index is 1490. The predicted octanol–water partition coefficient (Wildman–Crippen LogP) is 6.68. The van der Waals surface area contributed by atoms with Crippen molar-refractivity contribution in [2.45, 2.75) is 0 Å². The van der Waals surface area contributed by atoms with Gasteiger partial charge in [0, 0.05) is 11.8 Å². The smallest absolute Gasteiger partial charge is 0.164 e. The fraction of sp³-hybridized carbons (Fsp3) is 0.0667. The van der Waals surface area contributed by atoms with Gasteiger partial charge in [-0.15, -0.1) is 0 Å². The lowest BCUT2D eigenvalue weighted by molar-refractivity contribution is 0.355. The van der Waals surface area contributed by atoms with Crippen molar-refractivity contribution in [3.05, 3.63) is 109 Å². The van der Waals surface area contributed by atoms with Crippen LogP contribution in [0.3, 0.4) is 0 Å². The number of nitrogens with zero attached hydrogens (tertiary/aromatic N) is 3. The minimum absolute atomic E-state index is 0.210. The number of hydrogen-bond donors (Lipinski definition) is 1. The number of methoxy groups -OCH3 is 2. The van der Waals surface area contributed by atoms with E-state index >= 15 is 0 Å². The second kappa shape index (κ2) is 10.2. The second-order valence-electron chi connectivity index (χ2n) is 8.08. The van der Waals surface area contributed by atoms with Crippen LogP contribution in [0.15, 0.2) is 108 Å². The van der Waals surface area contributed by atoms with E-state index < -0.39 is 0 Å². The number of benzene rings is 4. The number of phenols is 1. The average Bonchev–Trinajstić information content (AvgIpc) is 3.32. The van der Waals surface area contributed by atoms with Crippen molar-refractivity contribution < 1.29 is 14.6 Å². The van der Waals surface area contributed by atoms with E-state index in [1.165, 1.54) is 0 Å². The summed E-state index contributed by atoms with van der Waals surface area (Å²) in [4.78, 5) is 4.92. The molecule has 0 saturated heterocycles. The third kappa shape index (κ3) is 4.57. The normalized spacial score (nSPS) is 11.1. The number of aliphatic imine (C=N–C) groups is 1. The number of hydrogen-bond acceptors (Lipinski definition) is 5. The molecule has 5 aromatic rings.